The summed E-state index contributed by atoms with van der Waals surface area (Å²) in [6.45, 7) is 0. The Morgan fingerprint density at radius 3 is 2.07 bits per heavy atom. The van der Waals surface area contributed by atoms with Crippen LogP contribution in [0.5, 0.6) is 5.75 Å². The van der Waals surface area contributed by atoms with Crippen LogP contribution in [0.4, 0.5) is 5.88 Å². The lowest BCUT2D eigenvalue weighted by Crippen LogP contribution is -1.91. The minimum atomic E-state index is 0.123. The van der Waals surface area contributed by atoms with Crippen LogP contribution in [0.25, 0.3) is 56.3 Å². The van der Waals surface area contributed by atoms with E-state index >= 15 is 0 Å². The lowest BCUT2D eigenvalue weighted by molar-refractivity contribution is 0.414. The van der Waals surface area contributed by atoms with E-state index < -0.39 is 0 Å². The zero-order chi connectivity index (χ0) is 28.5. The highest BCUT2D eigenvalue weighted by Crippen LogP contribution is 2.44. The van der Waals surface area contributed by atoms with Crippen LogP contribution in [0.15, 0.2) is 132 Å². The molecule has 42 heavy (non-hydrogen) atoms. The van der Waals surface area contributed by atoms with Gasteiger partial charge in [0.15, 0.2) is 11.5 Å². The number of rotatable bonds is 7. The van der Waals surface area contributed by atoms with Crippen molar-refractivity contribution in [3.8, 4) is 57.1 Å². The van der Waals surface area contributed by atoms with Gasteiger partial charge in [-0.25, -0.2) is 4.99 Å². The molecule has 0 unspecified atom stereocenters. The number of methoxy groups -OCH3 is 1. The van der Waals surface area contributed by atoms with E-state index in [1.165, 1.54) is 12.5 Å². The third-order valence-corrected chi connectivity index (χ3v) is 6.97. The molecule has 7 nitrogen and oxygen atoms in total. The topological polar surface area (TPSA) is 97.9 Å². The molecule has 0 saturated carbocycles. The average Bonchev–Trinajstić information content (AvgIpc) is 3.86. The molecule has 0 aliphatic heterocycles. The van der Waals surface area contributed by atoms with E-state index in [2.05, 4.69) is 23.2 Å². The van der Waals surface area contributed by atoms with Gasteiger partial charge < -0.3 is 22.4 Å². The van der Waals surface area contributed by atoms with E-state index in [0.29, 0.717) is 39.7 Å². The summed E-state index contributed by atoms with van der Waals surface area (Å²) in [5.41, 5.74) is 5.01. The first kappa shape index (κ1) is 25.0. The molecule has 0 saturated heterocycles. The minimum absolute atomic E-state index is 0.123. The summed E-state index contributed by atoms with van der Waals surface area (Å²) in [6.07, 6.45) is 4.70. The molecule has 0 aliphatic carbocycles. The van der Waals surface area contributed by atoms with Gasteiger partial charge in [0.25, 0.3) is 0 Å². The molecule has 3 aromatic carbocycles. The lowest BCUT2D eigenvalue weighted by atomic mass is 9.97. The van der Waals surface area contributed by atoms with E-state index in [-0.39, 0.29) is 11.4 Å². The second-order valence-corrected chi connectivity index (χ2v) is 9.44. The van der Waals surface area contributed by atoms with Gasteiger partial charge in [0.1, 0.15) is 34.5 Å². The Balaban J connectivity index is 1.40. The fraction of sp³-hybridized carbons (Fsp3) is 0.0286. The fourth-order valence-corrected chi connectivity index (χ4v) is 5.08. The summed E-state index contributed by atoms with van der Waals surface area (Å²) in [6, 6.07) is 33.2. The first-order valence-electron chi connectivity index (χ1n) is 13.2. The number of benzene rings is 3. The van der Waals surface area contributed by atoms with Gasteiger partial charge in [-0.3, -0.25) is 0 Å². The minimum Gasteiger partial charge on any atom is -0.496 e. The molecule has 4 heterocycles. The van der Waals surface area contributed by atoms with Gasteiger partial charge >= 0.3 is 0 Å². The third-order valence-electron chi connectivity index (χ3n) is 6.97. The van der Waals surface area contributed by atoms with Gasteiger partial charge in [-0.1, -0.05) is 60.7 Å². The molecule has 4 aromatic heterocycles. The van der Waals surface area contributed by atoms with Crippen molar-refractivity contribution in [3.63, 3.8) is 0 Å². The monoisotopic (exact) mass is 550 g/mol. The van der Waals surface area contributed by atoms with E-state index in [0.717, 1.165) is 27.8 Å². The Morgan fingerprint density at radius 1 is 0.738 bits per heavy atom. The summed E-state index contributed by atoms with van der Waals surface area (Å²) in [5, 5.41) is 11.0. The largest absolute Gasteiger partial charge is 0.496 e. The molecule has 0 radical (unpaired) electrons. The summed E-state index contributed by atoms with van der Waals surface area (Å²) < 4.78 is 29.5. The van der Waals surface area contributed by atoms with Gasteiger partial charge in [-0.2, -0.15) is 5.26 Å². The highest BCUT2D eigenvalue weighted by molar-refractivity contribution is 6.05. The van der Waals surface area contributed by atoms with Gasteiger partial charge in [0.05, 0.1) is 25.2 Å². The Labute approximate surface area is 240 Å². The average molecular weight is 551 g/mol. The van der Waals surface area contributed by atoms with Crippen LogP contribution in [0.3, 0.4) is 0 Å². The van der Waals surface area contributed by atoms with Crippen LogP contribution < -0.4 is 4.74 Å². The number of nitrogens with zero attached hydrogens (tertiary/aromatic N) is 2. The zero-order valence-corrected chi connectivity index (χ0v) is 22.4. The van der Waals surface area contributed by atoms with Crippen molar-refractivity contribution < 1.29 is 22.4 Å². The quantitative estimate of drug-likeness (QED) is 0.183. The molecule has 202 valence electrons. The van der Waals surface area contributed by atoms with Gasteiger partial charge in [-0.05, 0) is 35.9 Å². The van der Waals surface area contributed by atoms with Crippen LogP contribution in [0.1, 0.15) is 11.1 Å². The van der Waals surface area contributed by atoms with E-state index in [1.54, 1.807) is 37.6 Å². The standard InChI is InChI=1S/C35H22N2O5/c1-38-29-19-30-25(31(22-10-4-2-5-11-22)33(41-30)23-12-6-3-7-13-23)18-24(29)21-37-35-26(20-36)32(27-14-8-16-39-27)34(42-35)28-15-9-17-40-28/h2-19,21H,1H3/b37-21+. The predicted octanol–water partition coefficient (Wildman–Crippen LogP) is 9.51. The van der Waals surface area contributed by atoms with Crippen molar-refractivity contribution >= 4 is 23.1 Å². The van der Waals surface area contributed by atoms with Crippen molar-refractivity contribution in [2.75, 3.05) is 7.11 Å². The van der Waals surface area contributed by atoms with Crippen molar-refractivity contribution in [1.29, 1.82) is 5.26 Å². The second-order valence-electron chi connectivity index (χ2n) is 9.44. The fourth-order valence-electron chi connectivity index (χ4n) is 5.08. The first-order chi connectivity index (χ1) is 20.7. The van der Waals surface area contributed by atoms with E-state index in [1.807, 2.05) is 60.7 Å². The Bertz CT molecular complexity index is 2060. The maximum Gasteiger partial charge on any atom is 0.238 e. The molecule has 0 spiro atoms. The number of ether oxygens (including phenoxy) is 1. The number of hydrogen-bond donors (Lipinski definition) is 0. The number of nitriles is 1. The van der Waals surface area contributed by atoms with Gasteiger partial charge in [0, 0.05) is 34.4 Å². The normalized spacial score (nSPS) is 11.3. The third kappa shape index (κ3) is 4.28. The molecule has 7 rings (SSSR count). The smallest absolute Gasteiger partial charge is 0.238 e. The SMILES string of the molecule is COc1cc2oc(-c3ccccc3)c(-c3ccccc3)c2cc1/C=N/c1oc(-c2ccco2)c(-c2ccco2)c1C#N. The van der Waals surface area contributed by atoms with Crippen LogP contribution in [0, 0.1) is 11.3 Å². The predicted molar refractivity (Wildman–Crippen MR) is 160 cm³/mol. The van der Waals surface area contributed by atoms with Crippen LogP contribution in [-0.4, -0.2) is 13.3 Å². The molecule has 0 aliphatic rings. The zero-order valence-electron chi connectivity index (χ0n) is 22.4. The van der Waals surface area contributed by atoms with Crippen molar-refractivity contribution in [3.05, 3.63) is 121 Å². The summed E-state index contributed by atoms with van der Waals surface area (Å²) in [4.78, 5) is 4.62. The maximum atomic E-state index is 10.1. The number of furan rings is 4. The van der Waals surface area contributed by atoms with Crippen molar-refractivity contribution in [1.82, 2.24) is 0 Å². The summed E-state index contributed by atoms with van der Waals surface area (Å²) in [7, 11) is 1.59. The number of fused-ring (bicyclic) bond motifs is 1. The highest BCUT2D eigenvalue weighted by atomic mass is 16.5. The molecule has 7 aromatic rings. The Morgan fingerprint density at radius 2 is 1.43 bits per heavy atom. The molecule has 0 amide bonds. The lowest BCUT2D eigenvalue weighted by Gasteiger charge is -2.06. The Kier molecular flexibility index (Phi) is 6.27. The second kappa shape index (κ2) is 10.5. The van der Waals surface area contributed by atoms with E-state index in [9.17, 15) is 5.26 Å². The van der Waals surface area contributed by atoms with Gasteiger partial charge in [-0.15, -0.1) is 0 Å². The number of aliphatic imine (C=N–C) groups is 1. The van der Waals surface area contributed by atoms with Crippen LogP contribution in [-0.2, 0) is 0 Å². The molecular formula is C35H22N2O5. The first-order valence-corrected chi connectivity index (χ1v) is 13.2. The molecule has 0 N–H and O–H groups in total. The van der Waals surface area contributed by atoms with Crippen LogP contribution in [0.2, 0.25) is 0 Å². The highest BCUT2D eigenvalue weighted by Gasteiger charge is 2.26. The maximum absolute atomic E-state index is 10.1. The van der Waals surface area contributed by atoms with Crippen molar-refractivity contribution in [2.24, 2.45) is 4.99 Å². The molecule has 0 atom stereocenters. The number of hydrogen-bond acceptors (Lipinski definition) is 7. The van der Waals surface area contributed by atoms with E-state index in [4.69, 9.17) is 22.4 Å². The van der Waals surface area contributed by atoms with Crippen molar-refractivity contribution in [2.45, 2.75) is 0 Å². The Hall–Kier alpha value is -6.00. The molecule has 0 bridgehead atoms. The molecular weight excluding hydrogens is 528 g/mol. The van der Waals surface area contributed by atoms with Gasteiger partial charge in [0.2, 0.25) is 5.88 Å². The summed E-state index contributed by atoms with van der Waals surface area (Å²) in [5.74, 6) is 2.73. The van der Waals surface area contributed by atoms with Crippen LogP contribution >= 0.6 is 0 Å². The molecule has 7 heteroatoms. The molecule has 0 fully saturated rings. The summed E-state index contributed by atoms with van der Waals surface area (Å²) >= 11 is 0.